The molecule has 6 nitrogen and oxygen atoms in total. The monoisotopic (exact) mass is 260 g/mol. The fourth-order valence-electron chi connectivity index (χ4n) is 1.94. The number of tetrazole rings is 1. The van der Waals surface area contributed by atoms with Gasteiger partial charge in [0.2, 0.25) is 0 Å². The lowest BCUT2D eigenvalue weighted by atomic mass is 10.1. The summed E-state index contributed by atoms with van der Waals surface area (Å²) in [6, 6.07) is 7.60. The summed E-state index contributed by atoms with van der Waals surface area (Å²) in [5.74, 6) is -0.245. The first-order valence-corrected chi connectivity index (χ1v) is 6.18. The Morgan fingerprint density at radius 1 is 1.37 bits per heavy atom. The van der Waals surface area contributed by atoms with Crippen LogP contribution in [0.1, 0.15) is 31.4 Å². The Morgan fingerprint density at radius 2 is 2.05 bits per heavy atom. The van der Waals surface area contributed by atoms with E-state index in [1.807, 2.05) is 38.1 Å². The van der Waals surface area contributed by atoms with Gasteiger partial charge in [0.25, 0.3) is 0 Å². The maximum Gasteiger partial charge on any atom is 0.305 e. The molecule has 1 aromatic carbocycles. The molecule has 1 unspecified atom stereocenters. The van der Waals surface area contributed by atoms with E-state index < -0.39 is 5.97 Å². The Kier molecular flexibility index (Phi) is 3.89. The highest BCUT2D eigenvalue weighted by Gasteiger charge is 2.19. The Balaban J connectivity index is 2.35. The molecule has 0 amide bonds. The average Bonchev–Trinajstić information content (AvgIpc) is 2.85. The first-order valence-electron chi connectivity index (χ1n) is 6.18. The van der Waals surface area contributed by atoms with Gasteiger partial charge in [-0.25, -0.2) is 4.68 Å². The molecule has 0 saturated carbocycles. The predicted octanol–water partition coefficient (Wildman–Crippen LogP) is 2.07. The maximum atomic E-state index is 10.9. The number of carbonyl (C=O) groups is 1. The molecule has 2 rings (SSSR count). The zero-order valence-electron chi connectivity index (χ0n) is 10.9. The molecule has 0 fully saturated rings. The van der Waals surface area contributed by atoms with Gasteiger partial charge in [0.1, 0.15) is 0 Å². The molecule has 1 aromatic heterocycles. The minimum atomic E-state index is -0.850. The molecule has 0 aliphatic carbocycles. The van der Waals surface area contributed by atoms with E-state index in [1.165, 1.54) is 0 Å². The van der Waals surface area contributed by atoms with Crippen molar-refractivity contribution in [1.29, 1.82) is 0 Å². The van der Waals surface area contributed by atoms with Crippen LogP contribution in [-0.2, 0) is 4.79 Å². The number of aromatic nitrogens is 4. The third-order valence-corrected chi connectivity index (χ3v) is 3.03. The highest BCUT2D eigenvalue weighted by atomic mass is 16.4. The lowest BCUT2D eigenvalue weighted by Crippen LogP contribution is -2.15. The van der Waals surface area contributed by atoms with E-state index in [0.717, 1.165) is 11.1 Å². The summed E-state index contributed by atoms with van der Waals surface area (Å²) in [5.41, 5.74) is 2.04. The zero-order chi connectivity index (χ0) is 13.8. The van der Waals surface area contributed by atoms with Gasteiger partial charge in [-0.15, -0.1) is 5.10 Å². The third-order valence-electron chi connectivity index (χ3n) is 3.03. The summed E-state index contributed by atoms with van der Waals surface area (Å²) in [6.45, 7) is 3.93. The molecule has 0 aliphatic heterocycles. The lowest BCUT2D eigenvalue weighted by molar-refractivity contribution is -0.138. The molecule has 1 heterocycles. The molecule has 0 aliphatic rings. The Labute approximate surface area is 111 Å². The molecule has 6 heteroatoms. The van der Waals surface area contributed by atoms with Crippen LogP contribution in [0.3, 0.4) is 0 Å². The van der Waals surface area contributed by atoms with Crippen molar-refractivity contribution in [2.24, 2.45) is 0 Å². The SMILES string of the molecule is CCC(CC(=O)O)n1nnnc1-c1ccc(C)cc1. The molecule has 1 N–H and O–H groups in total. The van der Waals surface area contributed by atoms with Crippen LogP contribution < -0.4 is 0 Å². The van der Waals surface area contributed by atoms with Gasteiger partial charge in [-0.1, -0.05) is 36.8 Å². The van der Waals surface area contributed by atoms with Crippen molar-refractivity contribution in [3.8, 4) is 11.4 Å². The summed E-state index contributed by atoms with van der Waals surface area (Å²) in [7, 11) is 0. The maximum absolute atomic E-state index is 10.9. The van der Waals surface area contributed by atoms with Gasteiger partial charge in [-0.2, -0.15) is 0 Å². The molecule has 19 heavy (non-hydrogen) atoms. The largest absolute Gasteiger partial charge is 0.481 e. The van der Waals surface area contributed by atoms with Gasteiger partial charge in [0, 0.05) is 5.56 Å². The third kappa shape index (κ3) is 2.96. The van der Waals surface area contributed by atoms with E-state index >= 15 is 0 Å². The number of hydrogen-bond acceptors (Lipinski definition) is 4. The van der Waals surface area contributed by atoms with Crippen molar-refractivity contribution >= 4 is 5.97 Å². The van der Waals surface area contributed by atoms with Crippen molar-refractivity contribution in [2.45, 2.75) is 32.7 Å². The first-order chi connectivity index (χ1) is 9.11. The number of aryl methyl sites for hydroxylation is 1. The number of aliphatic carboxylic acids is 1. The van der Waals surface area contributed by atoms with Gasteiger partial charge < -0.3 is 5.11 Å². The second kappa shape index (κ2) is 5.60. The van der Waals surface area contributed by atoms with Crippen molar-refractivity contribution in [3.05, 3.63) is 29.8 Å². The Hall–Kier alpha value is -2.24. The molecular formula is C13H16N4O2. The molecule has 0 bridgehead atoms. The summed E-state index contributed by atoms with van der Waals surface area (Å²) >= 11 is 0. The van der Waals surface area contributed by atoms with Crippen molar-refractivity contribution < 1.29 is 9.90 Å². The molecule has 100 valence electrons. The lowest BCUT2D eigenvalue weighted by Gasteiger charge is -2.14. The second-order valence-corrected chi connectivity index (χ2v) is 4.47. The number of rotatable bonds is 5. The van der Waals surface area contributed by atoms with Crippen LogP contribution in [0.2, 0.25) is 0 Å². The summed E-state index contributed by atoms with van der Waals surface area (Å²) in [6.07, 6.45) is 0.677. The van der Waals surface area contributed by atoms with E-state index in [4.69, 9.17) is 5.11 Å². The van der Waals surface area contributed by atoms with Crippen LogP contribution in [0.5, 0.6) is 0 Å². The highest BCUT2D eigenvalue weighted by Crippen LogP contribution is 2.23. The van der Waals surface area contributed by atoms with Gasteiger partial charge in [0.05, 0.1) is 12.5 Å². The van der Waals surface area contributed by atoms with Gasteiger partial charge >= 0.3 is 5.97 Å². The van der Waals surface area contributed by atoms with Gasteiger partial charge in [-0.05, 0) is 23.8 Å². The summed E-state index contributed by atoms with van der Waals surface area (Å²) < 4.78 is 1.60. The normalized spacial score (nSPS) is 12.3. The van der Waals surface area contributed by atoms with Crippen molar-refractivity contribution in [1.82, 2.24) is 20.2 Å². The van der Waals surface area contributed by atoms with Crippen LogP contribution in [0.15, 0.2) is 24.3 Å². The van der Waals surface area contributed by atoms with E-state index in [0.29, 0.717) is 12.2 Å². The van der Waals surface area contributed by atoms with Crippen LogP contribution in [-0.4, -0.2) is 31.3 Å². The smallest absolute Gasteiger partial charge is 0.305 e. The first kappa shape index (κ1) is 13.2. The summed E-state index contributed by atoms with van der Waals surface area (Å²) in [5, 5.41) is 20.5. The standard InChI is InChI=1S/C13H16N4O2/c1-3-11(8-12(18)19)17-13(14-15-16-17)10-6-4-9(2)5-7-10/h4-7,11H,3,8H2,1-2H3,(H,18,19). The van der Waals surface area contributed by atoms with E-state index in [2.05, 4.69) is 15.5 Å². The topological polar surface area (TPSA) is 80.9 Å². The van der Waals surface area contributed by atoms with Gasteiger partial charge in [-0.3, -0.25) is 4.79 Å². The van der Waals surface area contributed by atoms with E-state index in [9.17, 15) is 4.79 Å². The van der Waals surface area contributed by atoms with Gasteiger partial charge in [0.15, 0.2) is 5.82 Å². The van der Waals surface area contributed by atoms with E-state index in [-0.39, 0.29) is 12.5 Å². The average molecular weight is 260 g/mol. The number of benzene rings is 1. The minimum absolute atomic E-state index is 0.0143. The second-order valence-electron chi connectivity index (χ2n) is 4.47. The fourth-order valence-corrected chi connectivity index (χ4v) is 1.94. The minimum Gasteiger partial charge on any atom is -0.481 e. The molecule has 0 radical (unpaired) electrons. The van der Waals surface area contributed by atoms with Crippen LogP contribution in [0.25, 0.3) is 11.4 Å². The van der Waals surface area contributed by atoms with E-state index in [1.54, 1.807) is 4.68 Å². The predicted molar refractivity (Wildman–Crippen MR) is 69.6 cm³/mol. The van der Waals surface area contributed by atoms with Crippen molar-refractivity contribution in [3.63, 3.8) is 0 Å². The van der Waals surface area contributed by atoms with Crippen molar-refractivity contribution in [2.75, 3.05) is 0 Å². The number of carboxylic acids is 1. The highest BCUT2D eigenvalue weighted by molar-refractivity contribution is 5.67. The Morgan fingerprint density at radius 3 is 2.63 bits per heavy atom. The van der Waals surface area contributed by atoms with Crippen LogP contribution >= 0.6 is 0 Å². The number of nitrogens with zero attached hydrogens (tertiary/aromatic N) is 4. The molecule has 0 saturated heterocycles. The number of hydrogen-bond donors (Lipinski definition) is 1. The number of carboxylic acid groups (broad SMARTS) is 1. The summed E-state index contributed by atoms with van der Waals surface area (Å²) in [4.78, 5) is 10.9. The molecule has 2 aromatic rings. The quantitative estimate of drug-likeness (QED) is 0.890. The van der Waals surface area contributed by atoms with Crippen LogP contribution in [0.4, 0.5) is 0 Å². The zero-order valence-corrected chi connectivity index (χ0v) is 10.9. The molecule has 1 atom stereocenters. The fraction of sp³-hybridized carbons (Fsp3) is 0.385. The van der Waals surface area contributed by atoms with Crippen LogP contribution in [0, 0.1) is 6.92 Å². The Bertz CT molecular complexity index is 562. The molecule has 0 spiro atoms. The molecular weight excluding hydrogens is 244 g/mol.